The highest BCUT2D eigenvalue weighted by Gasteiger charge is 2.57. The van der Waals surface area contributed by atoms with Crippen molar-refractivity contribution in [1.29, 1.82) is 0 Å². The lowest BCUT2D eigenvalue weighted by Gasteiger charge is -2.30. The molecule has 1 amide bonds. The summed E-state index contributed by atoms with van der Waals surface area (Å²) in [6, 6.07) is 10.1. The highest BCUT2D eigenvalue weighted by Crippen LogP contribution is 2.57. The highest BCUT2D eigenvalue weighted by atomic mass is 16.2. The van der Waals surface area contributed by atoms with Gasteiger partial charge in [0.2, 0.25) is 0 Å². The zero-order valence-corrected chi connectivity index (χ0v) is 21.0. The Labute approximate surface area is 219 Å². The average molecular weight is 503 g/mol. The number of nitrogens with one attached hydrogen (secondary N) is 1. The third-order valence-corrected chi connectivity index (χ3v) is 8.48. The van der Waals surface area contributed by atoms with Crippen molar-refractivity contribution in [3.05, 3.63) is 66.8 Å². The fourth-order valence-corrected chi connectivity index (χ4v) is 6.75. The number of rotatable bonds is 4. The van der Waals surface area contributed by atoms with Gasteiger partial charge in [-0.05, 0) is 44.2 Å². The molecule has 0 unspecified atom stereocenters. The maximum absolute atomic E-state index is 13.1. The summed E-state index contributed by atoms with van der Waals surface area (Å²) in [4.78, 5) is 31.0. The molecule has 9 nitrogen and oxygen atoms in total. The number of anilines is 1. The molecule has 9 heteroatoms. The molecule has 0 radical (unpaired) electrons. The van der Waals surface area contributed by atoms with E-state index in [4.69, 9.17) is 17.1 Å². The van der Waals surface area contributed by atoms with Gasteiger partial charge in [-0.25, -0.2) is 15.0 Å². The summed E-state index contributed by atoms with van der Waals surface area (Å²) in [5.74, 6) is 3.62. The van der Waals surface area contributed by atoms with E-state index in [1.165, 1.54) is 6.33 Å². The fourth-order valence-electron chi connectivity index (χ4n) is 6.75. The van der Waals surface area contributed by atoms with Gasteiger partial charge < -0.3 is 20.2 Å². The molecular weight excluding hydrogens is 476 g/mol. The summed E-state index contributed by atoms with van der Waals surface area (Å²) >= 11 is 0. The van der Waals surface area contributed by atoms with Gasteiger partial charge in [0.25, 0.3) is 5.91 Å². The average Bonchev–Trinajstić information content (AvgIpc) is 3.69. The second-order valence-corrected chi connectivity index (χ2v) is 10.6. The van der Waals surface area contributed by atoms with Crippen LogP contribution in [0.15, 0.2) is 55.2 Å². The van der Waals surface area contributed by atoms with Gasteiger partial charge in [0.15, 0.2) is 5.82 Å². The van der Waals surface area contributed by atoms with Gasteiger partial charge in [0.05, 0.1) is 10.9 Å². The predicted octanol–water partition coefficient (Wildman–Crippen LogP) is 3.79. The van der Waals surface area contributed by atoms with Crippen molar-refractivity contribution in [2.24, 2.45) is 7.05 Å². The number of carbonyl (C=O) groups excluding carboxylic acids is 1. The van der Waals surface area contributed by atoms with Gasteiger partial charge >= 0.3 is 0 Å². The standard InChI is InChI=1S/C29H26N8O/c1-3-21-22(19-14-18-6-4-5-7-20(18)32-15-19)23-24(30)33-17-34-25(23)37(21)29-10-8-28(16-29,9-11-29)35-27(38)26-31-12-13-36(26)2/h1,4-7,12-15,17H,8-11,16H2,2H3,(H,35,38)(H2,30,33,34). The van der Waals surface area contributed by atoms with Crippen LogP contribution in [0.1, 0.15) is 48.4 Å². The van der Waals surface area contributed by atoms with Crippen LogP contribution >= 0.6 is 0 Å². The number of hydrogen-bond acceptors (Lipinski definition) is 6. The zero-order valence-electron chi connectivity index (χ0n) is 21.0. The van der Waals surface area contributed by atoms with Crippen molar-refractivity contribution < 1.29 is 4.79 Å². The molecule has 2 aliphatic rings. The van der Waals surface area contributed by atoms with Gasteiger partial charge in [0, 0.05) is 53.2 Å². The third kappa shape index (κ3) is 3.10. The summed E-state index contributed by atoms with van der Waals surface area (Å²) in [5.41, 5.74) is 9.92. The number of benzene rings is 1. The van der Waals surface area contributed by atoms with Gasteiger partial charge in [0.1, 0.15) is 23.5 Å². The fraction of sp³-hybridized carbons (Fsp3) is 0.276. The molecule has 0 saturated heterocycles. The number of nitrogens with zero attached hydrogens (tertiary/aromatic N) is 6. The number of aromatic nitrogens is 6. The van der Waals surface area contributed by atoms with E-state index in [0.29, 0.717) is 11.6 Å². The minimum Gasteiger partial charge on any atom is -0.383 e. The van der Waals surface area contributed by atoms with Gasteiger partial charge in [-0.2, -0.15) is 0 Å². The Morgan fingerprint density at radius 3 is 2.71 bits per heavy atom. The largest absolute Gasteiger partial charge is 0.383 e. The van der Waals surface area contributed by atoms with Crippen LogP contribution in [-0.2, 0) is 12.6 Å². The molecule has 2 saturated carbocycles. The second-order valence-electron chi connectivity index (χ2n) is 10.6. The summed E-state index contributed by atoms with van der Waals surface area (Å²) in [7, 11) is 1.83. The Kier molecular flexibility index (Phi) is 4.67. The number of hydrogen-bond donors (Lipinski definition) is 2. The summed E-state index contributed by atoms with van der Waals surface area (Å²) in [6.07, 6.45) is 17.2. The first-order valence-corrected chi connectivity index (χ1v) is 12.7. The summed E-state index contributed by atoms with van der Waals surface area (Å²) in [5, 5.41) is 5.08. The number of nitrogens with two attached hydrogens (primary N) is 1. The zero-order chi connectivity index (χ0) is 26.1. The van der Waals surface area contributed by atoms with Crippen LogP contribution in [0.5, 0.6) is 0 Å². The van der Waals surface area contributed by atoms with Crippen LogP contribution in [0, 0.1) is 12.3 Å². The Balaban J connectivity index is 1.37. The van der Waals surface area contributed by atoms with E-state index in [1.54, 1.807) is 17.0 Å². The number of imidazole rings is 1. The normalized spacial score (nSPS) is 22.2. The lowest BCUT2D eigenvalue weighted by Crippen LogP contribution is -2.45. The van der Waals surface area contributed by atoms with E-state index in [2.05, 4.69) is 36.8 Å². The van der Waals surface area contributed by atoms with Crippen molar-refractivity contribution in [3.8, 4) is 23.5 Å². The topological polar surface area (TPSA) is 117 Å². The van der Waals surface area contributed by atoms with Crippen LogP contribution in [0.2, 0.25) is 0 Å². The van der Waals surface area contributed by atoms with E-state index in [1.807, 2.05) is 37.5 Å². The number of carbonyl (C=O) groups is 1. The van der Waals surface area contributed by atoms with Crippen molar-refractivity contribution in [2.75, 3.05) is 5.73 Å². The summed E-state index contributed by atoms with van der Waals surface area (Å²) in [6.45, 7) is 0. The van der Waals surface area contributed by atoms with E-state index >= 15 is 0 Å². The van der Waals surface area contributed by atoms with Crippen LogP contribution in [-0.4, -0.2) is 40.5 Å². The Morgan fingerprint density at radius 2 is 1.95 bits per heavy atom. The first-order chi connectivity index (χ1) is 18.4. The monoisotopic (exact) mass is 502 g/mol. The quantitative estimate of drug-likeness (QED) is 0.361. The van der Waals surface area contributed by atoms with E-state index in [0.717, 1.165) is 70.9 Å². The molecule has 2 bridgehead atoms. The Morgan fingerprint density at radius 1 is 1.13 bits per heavy atom. The first kappa shape index (κ1) is 22.5. The van der Waals surface area contributed by atoms with Crippen molar-refractivity contribution >= 4 is 33.7 Å². The first-order valence-electron chi connectivity index (χ1n) is 12.7. The van der Waals surface area contributed by atoms with Gasteiger partial charge in [-0.3, -0.25) is 9.78 Å². The molecule has 2 fully saturated rings. The number of para-hydroxylation sites is 1. The van der Waals surface area contributed by atoms with E-state index in [9.17, 15) is 4.79 Å². The molecule has 188 valence electrons. The van der Waals surface area contributed by atoms with Crippen LogP contribution in [0.25, 0.3) is 33.1 Å². The number of amides is 1. The molecule has 7 rings (SSSR count). The molecule has 2 aliphatic carbocycles. The Bertz CT molecular complexity index is 1800. The van der Waals surface area contributed by atoms with Gasteiger partial charge in [-0.15, -0.1) is 6.42 Å². The minimum atomic E-state index is -0.325. The van der Waals surface area contributed by atoms with Crippen LogP contribution < -0.4 is 11.1 Å². The lowest BCUT2D eigenvalue weighted by molar-refractivity contribution is 0.0887. The minimum absolute atomic E-state index is 0.153. The molecule has 0 spiro atoms. The van der Waals surface area contributed by atoms with Gasteiger partial charge in [-0.1, -0.05) is 24.1 Å². The maximum Gasteiger partial charge on any atom is 0.287 e. The lowest BCUT2D eigenvalue weighted by atomic mass is 9.90. The number of aryl methyl sites for hydroxylation is 1. The van der Waals surface area contributed by atoms with Crippen molar-refractivity contribution in [2.45, 2.75) is 43.2 Å². The smallest absolute Gasteiger partial charge is 0.287 e. The van der Waals surface area contributed by atoms with Crippen molar-refractivity contribution in [3.63, 3.8) is 0 Å². The number of pyridine rings is 1. The van der Waals surface area contributed by atoms with Crippen LogP contribution in [0.3, 0.4) is 0 Å². The molecule has 4 heterocycles. The maximum atomic E-state index is 13.1. The molecule has 5 aromatic rings. The molecular formula is C29H26N8O. The number of terminal acetylenes is 1. The second kappa shape index (κ2) is 7.89. The van der Waals surface area contributed by atoms with E-state index in [-0.39, 0.29) is 17.0 Å². The number of nitrogen functional groups attached to an aromatic ring is 1. The third-order valence-electron chi connectivity index (χ3n) is 8.48. The van der Waals surface area contributed by atoms with E-state index < -0.39 is 0 Å². The summed E-state index contributed by atoms with van der Waals surface area (Å²) < 4.78 is 3.94. The highest BCUT2D eigenvalue weighted by molar-refractivity contribution is 6.04. The molecule has 4 aromatic heterocycles. The Hall–Kier alpha value is -4.71. The molecule has 3 N–H and O–H groups in total. The molecule has 0 aliphatic heterocycles. The van der Waals surface area contributed by atoms with Crippen molar-refractivity contribution in [1.82, 2.24) is 34.4 Å². The molecule has 38 heavy (non-hydrogen) atoms. The molecule has 0 atom stereocenters. The molecule has 1 aromatic carbocycles. The number of fused-ring (bicyclic) bond motifs is 4. The predicted molar refractivity (Wildman–Crippen MR) is 145 cm³/mol. The van der Waals surface area contributed by atoms with Crippen LogP contribution in [0.4, 0.5) is 5.82 Å². The SMILES string of the molecule is C#Cc1c(-c2cnc3ccccc3c2)c2c(N)ncnc2n1C12CCC(NC(=O)c3nccn3C)(CC1)C2.